The van der Waals surface area contributed by atoms with E-state index < -0.39 is 0 Å². The van der Waals surface area contributed by atoms with Crippen molar-refractivity contribution in [1.82, 2.24) is 5.43 Å². The van der Waals surface area contributed by atoms with Crippen molar-refractivity contribution < 1.29 is 18.7 Å². The molecule has 1 aromatic carbocycles. The molecule has 102 valence electrons. The Morgan fingerprint density at radius 2 is 2.10 bits per heavy atom. The molecule has 0 saturated heterocycles. The molecule has 0 unspecified atom stereocenters. The predicted octanol–water partition coefficient (Wildman–Crippen LogP) is 2.53. The highest BCUT2D eigenvalue weighted by Gasteiger charge is 2.15. The van der Waals surface area contributed by atoms with Gasteiger partial charge in [0.2, 0.25) is 6.79 Å². The Hall–Kier alpha value is -2.28. The van der Waals surface area contributed by atoms with E-state index in [1.54, 1.807) is 30.3 Å². The maximum absolute atomic E-state index is 11.9. The van der Waals surface area contributed by atoms with Gasteiger partial charge in [0.1, 0.15) is 5.76 Å². The highest BCUT2D eigenvalue weighted by molar-refractivity contribution is 9.10. The van der Waals surface area contributed by atoms with Crippen LogP contribution in [-0.2, 0) is 0 Å². The van der Waals surface area contributed by atoms with Crippen LogP contribution in [0.15, 0.2) is 44.5 Å². The molecule has 0 bridgehead atoms. The fourth-order valence-electron chi connectivity index (χ4n) is 1.65. The molecule has 0 spiro atoms. The molecule has 1 aliphatic rings. The first-order valence-corrected chi connectivity index (χ1v) is 6.50. The molecular formula is C13H9BrN2O4. The smallest absolute Gasteiger partial charge is 0.271 e. The summed E-state index contributed by atoms with van der Waals surface area (Å²) in [4.78, 5) is 11.9. The molecule has 0 saturated carbocycles. The topological polar surface area (TPSA) is 73.1 Å². The third-order valence-corrected chi connectivity index (χ3v) is 3.01. The second-order valence-electron chi connectivity index (χ2n) is 3.91. The van der Waals surface area contributed by atoms with Crippen LogP contribution in [0.5, 0.6) is 11.5 Å². The van der Waals surface area contributed by atoms with Gasteiger partial charge in [-0.2, -0.15) is 5.10 Å². The molecule has 3 rings (SSSR count). The summed E-state index contributed by atoms with van der Waals surface area (Å²) in [5.74, 6) is 1.37. The second-order valence-corrected chi connectivity index (χ2v) is 4.69. The number of ether oxygens (including phenoxy) is 2. The van der Waals surface area contributed by atoms with Gasteiger partial charge in [0.05, 0.1) is 6.21 Å². The number of carbonyl (C=O) groups is 1. The average Bonchev–Trinajstić information content (AvgIpc) is 3.06. The predicted molar refractivity (Wildman–Crippen MR) is 74.0 cm³/mol. The van der Waals surface area contributed by atoms with E-state index in [0.29, 0.717) is 27.5 Å². The largest absolute Gasteiger partial charge is 0.454 e. The molecule has 1 aromatic heterocycles. The minimum absolute atomic E-state index is 0.173. The van der Waals surface area contributed by atoms with Gasteiger partial charge < -0.3 is 13.9 Å². The lowest BCUT2D eigenvalue weighted by Gasteiger charge is -2.01. The monoisotopic (exact) mass is 336 g/mol. The van der Waals surface area contributed by atoms with Gasteiger partial charge in [-0.15, -0.1) is 0 Å². The molecule has 6 nitrogen and oxygen atoms in total. The molecule has 1 aliphatic heterocycles. The van der Waals surface area contributed by atoms with Crippen molar-refractivity contribution in [2.24, 2.45) is 5.10 Å². The van der Waals surface area contributed by atoms with E-state index in [9.17, 15) is 4.79 Å². The number of benzene rings is 1. The van der Waals surface area contributed by atoms with Crippen molar-refractivity contribution in [3.8, 4) is 11.5 Å². The normalized spacial score (nSPS) is 12.8. The Morgan fingerprint density at radius 3 is 2.90 bits per heavy atom. The van der Waals surface area contributed by atoms with Crippen LogP contribution in [0.4, 0.5) is 0 Å². The molecule has 20 heavy (non-hydrogen) atoms. The lowest BCUT2D eigenvalue weighted by Crippen LogP contribution is -2.17. The van der Waals surface area contributed by atoms with E-state index in [1.807, 2.05) is 0 Å². The molecule has 7 heteroatoms. The second kappa shape index (κ2) is 5.38. The van der Waals surface area contributed by atoms with Gasteiger partial charge in [-0.25, -0.2) is 5.43 Å². The van der Waals surface area contributed by atoms with Crippen molar-refractivity contribution in [3.05, 3.63) is 46.3 Å². The van der Waals surface area contributed by atoms with Crippen LogP contribution in [-0.4, -0.2) is 18.9 Å². The summed E-state index contributed by atoms with van der Waals surface area (Å²) in [5.41, 5.74) is 2.84. The first kappa shape index (κ1) is 12.7. The highest BCUT2D eigenvalue weighted by Crippen LogP contribution is 2.32. The number of halogens is 1. The molecule has 1 N–H and O–H groups in total. The molecule has 0 aliphatic carbocycles. The highest BCUT2D eigenvalue weighted by atomic mass is 79.9. The third kappa shape index (κ3) is 2.67. The Kier molecular flexibility index (Phi) is 3.42. The number of rotatable bonds is 3. The fraction of sp³-hybridized carbons (Fsp3) is 0.0769. The van der Waals surface area contributed by atoms with Crippen molar-refractivity contribution in [1.29, 1.82) is 0 Å². The number of nitrogens with one attached hydrogen (secondary N) is 1. The summed E-state index contributed by atoms with van der Waals surface area (Å²) < 4.78 is 16.2. The minimum Gasteiger partial charge on any atom is -0.454 e. The van der Waals surface area contributed by atoms with E-state index in [4.69, 9.17) is 13.9 Å². The van der Waals surface area contributed by atoms with E-state index in [-0.39, 0.29) is 12.7 Å². The van der Waals surface area contributed by atoms with Gasteiger partial charge in [0.15, 0.2) is 16.2 Å². The lowest BCUT2D eigenvalue weighted by atomic mass is 10.2. The quantitative estimate of drug-likeness (QED) is 0.690. The summed E-state index contributed by atoms with van der Waals surface area (Å²) >= 11 is 3.18. The van der Waals surface area contributed by atoms with Crippen molar-refractivity contribution in [3.63, 3.8) is 0 Å². The molecule has 0 radical (unpaired) electrons. The number of nitrogens with zero attached hydrogens (tertiary/aromatic N) is 1. The van der Waals surface area contributed by atoms with Gasteiger partial charge in [0.25, 0.3) is 5.91 Å². The number of furan rings is 1. The van der Waals surface area contributed by atoms with Crippen LogP contribution < -0.4 is 14.9 Å². The van der Waals surface area contributed by atoms with E-state index >= 15 is 0 Å². The third-order valence-electron chi connectivity index (χ3n) is 2.59. The van der Waals surface area contributed by atoms with Crippen LogP contribution in [0, 0.1) is 0 Å². The number of hydrogen-bond acceptors (Lipinski definition) is 5. The number of hydrazone groups is 1. The molecule has 0 atom stereocenters. The SMILES string of the molecule is O=C(N/N=C\c1ccc(Br)o1)c1ccc2c(c1)OCO2. The first-order valence-electron chi connectivity index (χ1n) is 5.71. The van der Waals surface area contributed by atoms with Crippen LogP contribution in [0.25, 0.3) is 0 Å². The van der Waals surface area contributed by atoms with Crippen molar-refractivity contribution >= 4 is 28.1 Å². The fourth-order valence-corrected chi connectivity index (χ4v) is 1.97. The standard InChI is InChI=1S/C13H9BrN2O4/c14-12-4-2-9(20-12)6-15-16-13(17)8-1-3-10-11(5-8)19-7-18-10/h1-6H,7H2,(H,16,17)/b15-6-. The number of hydrogen-bond donors (Lipinski definition) is 1. The van der Waals surface area contributed by atoms with Gasteiger partial charge in [-0.1, -0.05) is 0 Å². The number of carbonyl (C=O) groups excluding carboxylic acids is 1. The first-order chi connectivity index (χ1) is 9.72. The van der Waals surface area contributed by atoms with E-state index in [0.717, 1.165) is 0 Å². The summed E-state index contributed by atoms with van der Waals surface area (Å²) in [5, 5.41) is 3.81. The number of fused-ring (bicyclic) bond motifs is 1. The zero-order valence-corrected chi connectivity index (χ0v) is 11.7. The van der Waals surface area contributed by atoms with Crippen LogP contribution in [0.2, 0.25) is 0 Å². The zero-order valence-electron chi connectivity index (χ0n) is 10.1. The van der Waals surface area contributed by atoms with Gasteiger partial charge in [-0.05, 0) is 46.3 Å². The summed E-state index contributed by atoms with van der Waals surface area (Å²) in [6.07, 6.45) is 1.41. The van der Waals surface area contributed by atoms with Gasteiger partial charge >= 0.3 is 0 Å². The summed E-state index contributed by atoms with van der Waals surface area (Å²) in [6.45, 7) is 0.173. The molecule has 2 aromatic rings. The lowest BCUT2D eigenvalue weighted by molar-refractivity contribution is 0.0954. The van der Waals surface area contributed by atoms with E-state index in [1.165, 1.54) is 6.21 Å². The van der Waals surface area contributed by atoms with Crippen LogP contribution in [0.1, 0.15) is 16.1 Å². The Labute approximate surface area is 122 Å². The molecule has 2 heterocycles. The minimum atomic E-state index is -0.342. The van der Waals surface area contributed by atoms with Crippen molar-refractivity contribution in [2.45, 2.75) is 0 Å². The molecular weight excluding hydrogens is 328 g/mol. The Morgan fingerprint density at radius 1 is 1.25 bits per heavy atom. The van der Waals surface area contributed by atoms with Gasteiger partial charge in [-0.3, -0.25) is 4.79 Å². The molecule has 0 fully saturated rings. The summed E-state index contributed by atoms with van der Waals surface area (Å²) in [7, 11) is 0. The number of amides is 1. The maximum atomic E-state index is 11.9. The van der Waals surface area contributed by atoms with Crippen molar-refractivity contribution in [2.75, 3.05) is 6.79 Å². The summed E-state index contributed by atoms with van der Waals surface area (Å²) in [6, 6.07) is 8.39. The van der Waals surface area contributed by atoms with Crippen LogP contribution >= 0.6 is 15.9 Å². The maximum Gasteiger partial charge on any atom is 0.271 e. The average molecular weight is 337 g/mol. The molecule has 1 amide bonds. The van der Waals surface area contributed by atoms with E-state index in [2.05, 4.69) is 26.5 Å². The zero-order chi connectivity index (χ0) is 13.9. The van der Waals surface area contributed by atoms with Gasteiger partial charge in [0, 0.05) is 5.56 Å². The Balaban J connectivity index is 1.66. The van der Waals surface area contributed by atoms with Crippen LogP contribution in [0.3, 0.4) is 0 Å². The Bertz CT molecular complexity index is 681.